The van der Waals surface area contributed by atoms with Gasteiger partial charge >= 0.3 is 0 Å². The average Bonchev–Trinajstić information content (AvgIpc) is 3.01. The SMILES string of the molecule is C=CCN(CC(=O)N1CCN(c2ccc(-c3ccc(-c4ccccc4)cc3)nn2)CC1)C(=O)c1ccccc1. The maximum atomic E-state index is 13.0. The van der Waals surface area contributed by atoms with Crippen molar-refractivity contribution in [2.24, 2.45) is 0 Å². The zero-order valence-corrected chi connectivity index (χ0v) is 21.8. The van der Waals surface area contributed by atoms with Crippen molar-refractivity contribution < 1.29 is 9.59 Å². The lowest BCUT2D eigenvalue weighted by molar-refractivity contribution is -0.132. The predicted octanol–water partition coefficient (Wildman–Crippen LogP) is 4.79. The molecule has 1 fully saturated rings. The van der Waals surface area contributed by atoms with E-state index in [9.17, 15) is 9.59 Å². The highest BCUT2D eigenvalue weighted by atomic mass is 16.2. The smallest absolute Gasteiger partial charge is 0.254 e. The summed E-state index contributed by atoms with van der Waals surface area (Å²) in [6.45, 7) is 6.51. The van der Waals surface area contributed by atoms with E-state index in [4.69, 9.17) is 0 Å². The van der Waals surface area contributed by atoms with Crippen LogP contribution in [0, 0.1) is 0 Å². The van der Waals surface area contributed by atoms with Gasteiger partial charge in [-0.1, -0.05) is 78.9 Å². The van der Waals surface area contributed by atoms with E-state index in [2.05, 4.69) is 58.1 Å². The lowest BCUT2D eigenvalue weighted by Crippen LogP contribution is -2.52. The summed E-state index contributed by atoms with van der Waals surface area (Å²) < 4.78 is 0. The first-order valence-corrected chi connectivity index (χ1v) is 13.1. The Morgan fingerprint density at radius 1 is 0.744 bits per heavy atom. The van der Waals surface area contributed by atoms with E-state index >= 15 is 0 Å². The molecule has 0 saturated carbocycles. The molecule has 4 aromatic rings. The van der Waals surface area contributed by atoms with E-state index in [0.717, 1.165) is 22.6 Å². The summed E-state index contributed by atoms with van der Waals surface area (Å²) in [5.74, 6) is 0.549. The number of nitrogens with zero attached hydrogens (tertiary/aromatic N) is 5. The quantitative estimate of drug-likeness (QED) is 0.315. The second-order valence-electron chi connectivity index (χ2n) is 9.43. The molecule has 0 aliphatic carbocycles. The third-order valence-electron chi connectivity index (χ3n) is 6.88. The van der Waals surface area contributed by atoms with Gasteiger partial charge in [-0.3, -0.25) is 9.59 Å². The number of hydrogen-bond acceptors (Lipinski definition) is 5. The molecular formula is C32H31N5O2. The fourth-order valence-corrected chi connectivity index (χ4v) is 4.70. The van der Waals surface area contributed by atoms with Crippen LogP contribution in [0.25, 0.3) is 22.4 Å². The molecule has 7 heteroatoms. The zero-order valence-electron chi connectivity index (χ0n) is 21.8. The van der Waals surface area contributed by atoms with Crippen LogP contribution in [0.15, 0.2) is 110 Å². The Bertz CT molecular complexity index is 1400. The highest BCUT2D eigenvalue weighted by Crippen LogP contribution is 2.24. The Kier molecular flexibility index (Phi) is 8.07. The third kappa shape index (κ3) is 6.21. The minimum atomic E-state index is -0.174. The number of amides is 2. The van der Waals surface area contributed by atoms with Gasteiger partial charge in [0.2, 0.25) is 5.91 Å². The third-order valence-corrected chi connectivity index (χ3v) is 6.88. The molecule has 0 unspecified atom stereocenters. The number of aromatic nitrogens is 2. The number of hydrogen-bond donors (Lipinski definition) is 0. The number of anilines is 1. The van der Waals surface area contributed by atoms with Crippen LogP contribution < -0.4 is 4.90 Å². The fraction of sp³-hybridized carbons (Fsp3) is 0.188. The summed E-state index contributed by atoms with van der Waals surface area (Å²) in [5, 5.41) is 8.93. The van der Waals surface area contributed by atoms with Crippen LogP contribution in [0.2, 0.25) is 0 Å². The number of carbonyl (C=O) groups is 2. The molecule has 5 rings (SSSR count). The molecule has 7 nitrogen and oxygen atoms in total. The summed E-state index contributed by atoms with van der Waals surface area (Å²) >= 11 is 0. The van der Waals surface area contributed by atoms with E-state index < -0.39 is 0 Å². The molecule has 0 atom stereocenters. The molecule has 0 radical (unpaired) electrons. The van der Waals surface area contributed by atoms with Crippen molar-refractivity contribution in [3.8, 4) is 22.4 Å². The van der Waals surface area contributed by atoms with Gasteiger partial charge in [0.05, 0.1) is 5.69 Å². The van der Waals surface area contributed by atoms with E-state index in [0.29, 0.717) is 38.3 Å². The minimum Gasteiger partial charge on any atom is -0.352 e. The van der Waals surface area contributed by atoms with Gasteiger partial charge in [-0.15, -0.1) is 16.8 Å². The zero-order chi connectivity index (χ0) is 27.0. The van der Waals surface area contributed by atoms with Gasteiger partial charge in [-0.05, 0) is 35.4 Å². The number of carbonyl (C=O) groups excluding carboxylic acids is 2. The topological polar surface area (TPSA) is 69.6 Å². The van der Waals surface area contributed by atoms with Crippen LogP contribution in [0.1, 0.15) is 10.4 Å². The first kappa shape index (κ1) is 25.9. The summed E-state index contributed by atoms with van der Waals surface area (Å²) in [4.78, 5) is 31.4. The van der Waals surface area contributed by atoms with Gasteiger partial charge in [-0.2, -0.15) is 0 Å². The first-order chi connectivity index (χ1) is 19.1. The van der Waals surface area contributed by atoms with E-state index in [1.807, 2.05) is 48.5 Å². The van der Waals surface area contributed by atoms with Crippen LogP contribution in [0.5, 0.6) is 0 Å². The Balaban J connectivity index is 1.16. The molecule has 196 valence electrons. The van der Waals surface area contributed by atoms with Crippen molar-refractivity contribution in [3.05, 3.63) is 115 Å². The van der Waals surface area contributed by atoms with E-state index in [1.54, 1.807) is 23.1 Å². The molecule has 2 heterocycles. The molecule has 39 heavy (non-hydrogen) atoms. The van der Waals surface area contributed by atoms with Crippen molar-refractivity contribution in [2.75, 3.05) is 44.2 Å². The molecule has 0 bridgehead atoms. The molecule has 1 aliphatic rings. The van der Waals surface area contributed by atoms with Crippen LogP contribution in [0.4, 0.5) is 5.82 Å². The van der Waals surface area contributed by atoms with Gasteiger partial charge < -0.3 is 14.7 Å². The summed E-state index contributed by atoms with van der Waals surface area (Å²) in [6.07, 6.45) is 1.64. The van der Waals surface area contributed by atoms with E-state index in [-0.39, 0.29) is 18.4 Å². The summed E-state index contributed by atoms with van der Waals surface area (Å²) in [5.41, 5.74) is 4.73. The predicted molar refractivity (Wildman–Crippen MR) is 154 cm³/mol. The van der Waals surface area contributed by atoms with Crippen LogP contribution in [0.3, 0.4) is 0 Å². The monoisotopic (exact) mass is 517 g/mol. The van der Waals surface area contributed by atoms with Gasteiger partial charge in [-0.25, -0.2) is 0 Å². The van der Waals surface area contributed by atoms with Crippen molar-refractivity contribution >= 4 is 17.6 Å². The fourth-order valence-electron chi connectivity index (χ4n) is 4.70. The molecule has 1 aromatic heterocycles. The highest BCUT2D eigenvalue weighted by Gasteiger charge is 2.25. The van der Waals surface area contributed by atoms with Crippen LogP contribution in [-0.2, 0) is 4.79 Å². The van der Waals surface area contributed by atoms with Gasteiger partial charge in [0, 0.05) is 43.9 Å². The van der Waals surface area contributed by atoms with Crippen molar-refractivity contribution in [1.82, 2.24) is 20.0 Å². The van der Waals surface area contributed by atoms with E-state index in [1.165, 1.54) is 10.5 Å². The normalized spacial score (nSPS) is 13.1. The lowest BCUT2D eigenvalue weighted by Gasteiger charge is -2.36. The van der Waals surface area contributed by atoms with Gasteiger partial charge in [0.15, 0.2) is 5.82 Å². The second-order valence-corrected chi connectivity index (χ2v) is 9.43. The van der Waals surface area contributed by atoms with Crippen LogP contribution in [-0.4, -0.2) is 71.1 Å². The summed E-state index contributed by atoms with van der Waals surface area (Å²) in [7, 11) is 0. The first-order valence-electron chi connectivity index (χ1n) is 13.1. The maximum Gasteiger partial charge on any atom is 0.254 e. The molecule has 3 aromatic carbocycles. The Morgan fingerprint density at radius 2 is 1.36 bits per heavy atom. The molecule has 1 saturated heterocycles. The van der Waals surface area contributed by atoms with Crippen LogP contribution >= 0.6 is 0 Å². The molecule has 0 spiro atoms. The maximum absolute atomic E-state index is 13.0. The Morgan fingerprint density at radius 3 is 1.97 bits per heavy atom. The highest BCUT2D eigenvalue weighted by molar-refractivity contribution is 5.96. The standard InChI is InChI=1S/C32H31N5O2/c1-2-19-37(32(39)28-11-7-4-8-12-28)24-31(38)36-22-20-35(21-23-36)30-18-17-29(33-34-30)27-15-13-26(14-16-27)25-9-5-3-6-10-25/h2-18H,1,19-24H2. The average molecular weight is 518 g/mol. The lowest BCUT2D eigenvalue weighted by atomic mass is 10.0. The van der Waals surface area contributed by atoms with Crippen molar-refractivity contribution in [1.29, 1.82) is 0 Å². The van der Waals surface area contributed by atoms with Crippen molar-refractivity contribution in [3.63, 3.8) is 0 Å². The van der Waals surface area contributed by atoms with Gasteiger partial charge in [0.25, 0.3) is 5.91 Å². The van der Waals surface area contributed by atoms with Gasteiger partial charge in [0.1, 0.15) is 6.54 Å². The largest absolute Gasteiger partial charge is 0.352 e. The number of benzene rings is 3. The Labute approximate surface area is 229 Å². The molecule has 1 aliphatic heterocycles. The molecule has 0 N–H and O–H groups in total. The van der Waals surface area contributed by atoms with Crippen molar-refractivity contribution in [2.45, 2.75) is 0 Å². The number of rotatable bonds is 8. The second kappa shape index (κ2) is 12.2. The molecule has 2 amide bonds. The summed E-state index contributed by atoms with van der Waals surface area (Å²) in [6, 6.07) is 31.6. The minimum absolute atomic E-state index is 0.0251. The number of piperazine rings is 1. The Hall–Kier alpha value is -4.78. The molecular weight excluding hydrogens is 486 g/mol.